The van der Waals surface area contributed by atoms with Crippen LogP contribution in [0.3, 0.4) is 0 Å². The van der Waals surface area contributed by atoms with Gasteiger partial charge in [0.15, 0.2) is 0 Å². The third kappa shape index (κ3) is 4.38. The van der Waals surface area contributed by atoms with E-state index in [1.807, 2.05) is 0 Å². The van der Waals surface area contributed by atoms with Crippen LogP contribution in [0.15, 0.2) is 0 Å². The highest BCUT2D eigenvalue weighted by Crippen LogP contribution is 2.10. The zero-order valence-electron chi connectivity index (χ0n) is 12.9. The van der Waals surface area contributed by atoms with Gasteiger partial charge in [-0.3, -0.25) is 9.69 Å². The Kier molecular flexibility index (Phi) is 5.59. The number of piperazine rings is 1. The summed E-state index contributed by atoms with van der Waals surface area (Å²) in [6.07, 6.45) is 2.30. The van der Waals surface area contributed by atoms with Crippen molar-refractivity contribution < 1.29 is 13.2 Å². The van der Waals surface area contributed by atoms with E-state index in [2.05, 4.69) is 17.1 Å². The third-order valence-electron chi connectivity index (χ3n) is 4.36. The molecule has 0 radical (unpaired) electrons. The number of likely N-dealkylation sites (N-methyl/N-ethyl adjacent to an activating group) is 1. The van der Waals surface area contributed by atoms with Crippen molar-refractivity contribution in [3.8, 4) is 0 Å². The highest BCUT2D eigenvalue weighted by Gasteiger charge is 2.28. The smallest absolute Gasteiger partial charge is 0.236 e. The molecule has 7 nitrogen and oxygen atoms in total. The molecule has 2 aliphatic heterocycles. The van der Waals surface area contributed by atoms with Crippen LogP contribution in [0.2, 0.25) is 0 Å². The van der Waals surface area contributed by atoms with E-state index < -0.39 is 10.0 Å². The van der Waals surface area contributed by atoms with Gasteiger partial charge in [0.05, 0.1) is 12.8 Å². The van der Waals surface area contributed by atoms with Gasteiger partial charge in [-0.05, 0) is 19.5 Å². The van der Waals surface area contributed by atoms with Gasteiger partial charge in [0, 0.05) is 38.8 Å². The van der Waals surface area contributed by atoms with Gasteiger partial charge in [-0.15, -0.1) is 0 Å². The van der Waals surface area contributed by atoms with Gasteiger partial charge in [-0.1, -0.05) is 6.92 Å². The molecule has 8 heteroatoms. The molecule has 0 spiro atoms. The Morgan fingerprint density at radius 3 is 2.43 bits per heavy atom. The minimum Gasteiger partial charge on any atom is -0.339 e. The quantitative estimate of drug-likeness (QED) is 0.687. The van der Waals surface area contributed by atoms with E-state index in [1.54, 1.807) is 4.90 Å². The number of carbonyl (C=O) groups is 1. The second kappa shape index (κ2) is 7.04. The molecule has 0 aromatic heterocycles. The van der Waals surface area contributed by atoms with Crippen molar-refractivity contribution in [3.05, 3.63) is 0 Å². The Hall–Kier alpha value is -0.700. The van der Waals surface area contributed by atoms with Gasteiger partial charge in [0.25, 0.3) is 0 Å². The summed E-state index contributed by atoms with van der Waals surface area (Å²) in [5.41, 5.74) is 0. The lowest BCUT2D eigenvalue weighted by molar-refractivity contribution is -0.134. The fourth-order valence-corrected chi connectivity index (χ4v) is 3.82. The van der Waals surface area contributed by atoms with Gasteiger partial charge in [-0.25, -0.2) is 8.42 Å². The molecule has 0 saturated carbocycles. The molecule has 1 N–H and O–H groups in total. The third-order valence-corrected chi connectivity index (χ3v) is 5.66. The van der Waals surface area contributed by atoms with Crippen LogP contribution in [0, 0.1) is 0 Å². The summed E-state index contributed by atoms with van der Waals surface area (Å²) in [5, 5.41) is 3.32. The Morgan fingerprint density at radius 1 is 1.29 bits per heavy atom. The van der Waals surface area contributed by atoms with Crippen LogP contribution in [0.5, 0.6) is 0 Å². The normalized spacial score (nSPS) is 24.7. The second-order valence-corrected chi connectivity index (χ2v) is 7.73. The lowest BCUT2D eigenvalue weighted by Gasteiger charge is -2.35. The van der Waals surface area contributed by atoms with Crippen molar-refractivity contribution in [2.45, 2.75) is 19.4 Å². The number of carbonyl (C=O) groups excluding carboxylic acids is 1. The molecule has 2 heterocycles. The summed E-state index contributed by atoms with van der Waals surface area (Å²) in [6, 6.07) is 0.441. The lowest BCUT2D eigenvalue weighted by atomic mass is 10.2. The summed E-state index contributed by atoms with van der Waals surface area (Å²) in [7, 11) is -3.14. The van der Waals surface area contributed by atoms with E-state index in [0.717, 1.165) is 26.1 Å². The van der Waals surface area contributed by atoms with Crippen LogP contribution in [-0.2, 0) is 14.8 Å². The predicted octanol–water partition coefficient (Wildman–Crippen LogP) is -1.23. The number of rotatable bonds is 5. The van der Waals surface area contributed by atoms with E-state index in [0.29, 0.717) is 38.8 Å². The van der Waals surface area contributed by atoms with Crippen LogP contribution in [0.4, 0.5) is 0 Å². The molecule has 1 amide bonds. The minimum absolute atomic E-state index is 0.108. The molecule has 0 aromatic carbocycles. The molecule has 1 unspecified atom stereocenters. The second-order valence-electron chi connectivity index (χ2n) is 5.75. The molecule has 0 bridgehead atoms. The fourth-order valence-electron chi connectivity index (χ4n) is 2.99. The van der Waals surface area contributed by atoms with Gasteiger partial charge < -0.3 is 10.2 Å². The summed E-state index contributed by atoms with van der Waals surface area (Å²) < 4.78 is 24.4. The van der Waals surface area contributed by atoms with Gasteiger partial charge >= 0.3 is 0 Å². The first-order valence-electron chi connectivity index (χ1n) is 7.59. The molecule has 0 aliphatic carbocycles. The van der Waals surface area contributed by atoms with Crippen molar-refractivity contribution in [3.63, 3.8) is 0 Å². The average Bonchev–Trinajstić information content (AvgIpc) is 2.97. The van der Waals surface area contributed by atoms with E-state index in [9.17, 15) is 13.2 Å². The average molecular weight is 318 g/mol. The van der Waals surface area contributed by atoms with Crippen molar-refractivity contribution in [1.82, 2.24) is 19.4 Å². The van der Waals surface area contributed by atoms with E-state index >= 15 is 0 Å². The van der Waals surface area contributed by atoms with Crippen LogP contribution in [0.25, 0.3) is 0 Å². The number of hydrogen-bond donors (Lipinski definition) is 1. The number of hydrogen-bond acceptors (Lipinski definition) is 5. The van der Waals surface area contributed by atoms with Gasteiger partial charge in [0.1, 0.15) is 0 Å². The molecule has 1 atom stereocenters. The zero-order valence-corrected chi connectivity index (χ0v) is 13.7. The summed E-state index contributed by atoms with van der Waals surface area (Å²) >= 11 is 0. The molecular weight excluding hydrogens is 292 g/mol. The number of sulfonamides is 1. The van der Waals surface area contributed by atoms with Gasteiger partial charge in [0.2, 0.25) is 15.9 Å². The predicted molar refractivity (Wildman–Crippen MR) is 81.5 cm³/mol. The Bertz CT molecular complexity index is 454. The van der Waals surface area contributed by atoms with Crippen LogP contribution >= 0.6 is 0 Å². The Morgan fingerprint density at radius 2 is 1.95 bits per heavy atom. The van der Waals surface area contributed by atoms with Crippen LogP contribution < -0.4 is 5.32 Å². The highest BCUT2D eigenvalue weighted by molar-refractivity contribution is 7.88. The molecule has 2 saturated heterocycles. The van der Waals surface area contributed by atoms with Crippen LogP contribution in [0.1, 0.15) is 13.3 Å². The van der Waals surface area contributed by atoms with Crippen molar-refractivity contribution >= 4 is 15.9 Å². The van der Waals surface area contributed by atoms with E-state index in [4.69, 9.17) is 0 Å². The topological polar surface area (TPSA) is 73.0 Å². The largest absolute Gasteiger partial charge is 0.339 e. The molecule has 2 rings (SSSR count). The molecule has 21 heavy (non-hydrogen) atoms. The maximum absolute atomic E-state index is 12.4. The van der Waals surface area contributed by atoms with Crippen molar-refractivity contribution in [2.24, 2.45) is 0 Å². The summed E-state index contributed by atoms with van der Waals surface area (Å²) in [4.78, 5) is 16.4. The highest BCUT2D eigenvalue weighted by atomic mass is 32.2. The molecule has 122 valence electrons. The minimum atomic E-state index is -3.14. The number of amides is 1. The SMILES string of the molecule is CCN(CC(=O)N1CCN(S(C)(=O)=O)CC1)C1CCNC1. The lowest BCUT2D eigenvalue weighted by Crippen LogP contribution is -2.53. The standard InChI is InChI=1S/C13H26N4O3S/c1-3-15(12-4-5-14-10-12)11-13(18)16-6-8-17(9-7-16)21(2,19)20/h12,14H,3-11H2,1-2H3. The van der Waals surface area contributed by atoms with Gasteiger partial charge in [-0.2, -0.15) is 4.31 Å². The number of nitrogens with zero attached hydrogens (tertiary/aromatic N) is 3. The maximum Gasteiger partial charge on any atom is 0.236 e. The molecule has 0 aromatic rings. The van der Waals surface area contributed by atoms with E-state index in [1.165, 1.54) is 10.6 Å². The molecular formula is C13H26N4O3S. The maximum atomic E-state index is 12.4. The first-order valence-corrected chi connectivity index (χ1v) is 9.44. The Balaban J connectivity index is 1.84. The molecule has 2 aliphatic rings. The monoisotopic (exact) mass is 318 g/mol. The number of nitrogens with one attached hydrogen (secondary N) is 1. The van der Waals surface area contributed by atoms with E-state index in [-0.39, 0.29) is 5.91 Å². The molecule has 2 fully saturated rings. The first kappa shape index (κ1) is 16.7. The fraction of sp³-hybridized carbons (Fsp3) is 0.923. The van der Waals surface area contributed by atoms with Crippen molar-refractivity contribution in [2.75, 3.05) is 58.6 Å². The van der Waals surface area contributed by atoms with Crippen LogP contribution in [-0.4, -0.2) is 93.1 Å². The zero-order chi connectivity index (χ0) is 15.5. The summed E-state index contributed by atoms with van der Waals surface area (Å²) in [5.74, 6) is 0.108. The first-order chi connectivity index (χ1) is 9.91. The van der Waals surface area contributed by atoms with Crippen molar-refractivity contribution in [1.29, 1.82) is 0 Å². The summed E-state index contributed by atoms with van der Waals surface area (Å²) in [6.45, 7) is 7.13. The Labute approximate surface area is 127 Å².